The Morgan fingerprint density at radius 1 is 0.522 bits per heavy atom. The number of amides is 2. The first kappa shape index (κ1) is 41.7. The van der Waals surface area contributed by atoms with Gasteiger partial charge in [-0.3, -0.25) is 20.4 Å². The molecule has 0 heterocycles. The van der Waals surface area contributed by atoms with Gasteiger partial charge in [0.05, 0.1) is 0 Å². The van der Waals surface area contributed by atoms with E-state index in [1.165, 1.54) is 128 Å². The lowest BCUT2D eigenvalue weighted by atomic mass is 10.1. The van der Waals surface area contributed by atoms with E-state index in [9.17, 15) is 9.59 Å². The molecule has 1 rings (SSSR count). The summed E-state index contributed by atoms with van der Waals surface area (Å²) in [6.45, 7) is 6.80. The summed E-state index contributed by atoms with van der Waals surface area (Å²) in [5.41, 5.74) is 1.09. The van der Waals surface area contributed by atoms with E-state index in [4.69, 9.17) is 9.47 Å². The summed E-state index contributed by atoms with van der Waals surface area (Å²) in [6, 6.07) is 6.97. The number of nitrogens with zero attached hydrogens (tertiary/aromatic N) is 2. The van der Waals surface area contributed by atoms with Crippen molar-refractivity contribution in [3.63, 3.8) is 0 Å². The summed E-state index contributed by atoms with van der Waals surface area (Å²) in [7, 11) is 3.93. The molecule has 0 aromatic heterocycles. The maximum absolute atomic E-state index is 12.3. The molecule has 2 amide bonds. The van der Waals surface area contributed by atoms with E-state index in [-0.39, 0.29) is 13.5 Å². The predicted molar refractivity (Wildman–Crippen MR) is 195 cm³/mol. The van der Waals surface area contributed by atoms with E-state index in [2.05, 4.69) is 24.5 Å². The van der Waals surface area contributed by atoms with E-state index >= 15 is 0 Å². The SMILES string of the molecule is CCCCCCCCCCCCCN(C)COC(=O)Nc1cccc(NC(=O)OCN(C)CCCCCCCCCCCCC)c1. The van der Waals surface area contributed by atoms with Gasteiger partial charge >= 0.3 is 12.2 Å². The molecule has 0 aliphatic carbocycles. The third kappa shape index (κ3) is 25.8. The van der Waals surface area contributed by atoms with Crippen molar-refractivity contribution >= 4 is 23.6 Å². The second-order valence-electron chi connectivity index (χ2n) is 13.2. The lowest BCUT2D eigenvalue weighted by Crippen LogP contribution is -2.27. The maximum Gasteiger partial charge on any atom is 0.412 e. The Kier molecular flexibility index (Phi) is 27.2. The van der Waals surface area contributed by atoms with Crippen LogP contribution in [0.4, 0.5) is 21.0 Å². The minimum atomic E-state index is -0.519. The lowest BCUT2D eigenvalue weighted by Gasteiger charge is -2.17. The summed E-state index contributed by atoms with van der Waals surface area (Å²) in [4.78, 5) is 28.7. The fourth-order valence-electron chi connectivity index (χ4n) is 5.54. The summed E-state index contributed by atoms with van der Waals surface area (Å²) in [5.74, 6) is 0. The molecule has 2 N–H and O–H groups in total. The molecule has 0 unspecified atom stereocenters. The smallest absolute Gasteiger partial charge is 0.412 e. The number of hydrogen-bond acceptors (Lipinski definition) is 6. The van der Waals surface area contributed by atoms with Crippen LogP contribution >= 0.6 is 0 Å². The van der Waals surface area contributed by atoms with Crippen LogP contribution in [0.3, 0.4) is 0 Å². The van der Waals surface area contributed by atoms with Gasteiger partial charge in [0.1, 0.15) is 13.5 Å². The maximum atomic E-state index is 12.3. The van der Waals surface area contributed by atoms with E-state index in [1.807, 2.05) is 23.9 Å². The van der Waals surface area contributed by atoms with Gasteiger partial charge in [0.2, 0.25) is 0 Å². The highest BCUT2D eigenvalue weighted by molar-refractivity contribution is 5.88. The van der Waals surface area contributed by atoms with Gasteiger partial charge in [-0.1, -0.05) is 148 Å². The van der Waals surface area contributed by atoms with Crippen molar-refractivity contribution in [2.45, 2.75) is 155 Å². The molecule has 1 aromatic carbocycles. The number of carbonyl (C=O) groups excluding carboxylic acids is 2. The van der Waals surface area contributed by atoms with Gasteiger partial charge in [0, 0.05) is 24.5 Å². The van der Waals surface area contributed by atoms with Gasteiger partial charge in [-0.15, -0.1) is 0 Å². The van der Waals surface area contributed by atoms with Crippen LogP contribution in [0.5, 0.6) is 0 Å². The first-order valence-electron chi connectivity index (χ1n) is 18.8. The van der Waals surface area contributed by atoms with Gasteiger partial charge < -0.3 is 9.47 Å². The number of ether oxygens (including phenoxy) is 2. The second kappa shape index (κ2) is 30.0. The molecule has 0 aliphatic rings. The highest BCUT2D eigenvalue weighted by Crippen LogP contribution is 2.16. The molecule has 8 nitrogen and oxygen atoms in total. The Bertz CT molecular complexity index is 804. The molecular formula is C38H70N4O4. The molecular weight excluding hydrogens is 576 g/mol. The van der Waals surface area contributed by atoms with Crippen LogP contribution in [0.1, 0.15) is 155 Å². The molecule has 0 atom stereocenters. The Labute approximate surface area is 282 Å². The van der Waals surface area contributed by atoms with E-state index in [1.54, 1.807) is 24.3 Å². The lowest BCUT2D eigenvalue weighted by molar-refractivity contribution is 0.0919. The Morgan fingerprint density at radius 2 is 0.826 bits per heavy atom. The van der Waals surface area contributed by atoms with Crippen LogP contribution in [0.25, 0.3) is 0 Å². The largest absolute Gasteiger partial charge is 0.433 e. The van der Waals surface area contributed by atoms with Crippen LogP contribution in [-0.4, -0.2) is 62.6 Å². The predicted octanol–water partition coefficient (Wildman–Crippen LogP) is 11.2. The third-order valence-corrected chi connectivity index (χ3v) is 8.47. The van der Waals surface area contributed by atoms with Crippen LogP contribution in [0, 0.1) is 0 Å². The van der Waals surface area contributed by atoms with Crippen molar-refractivity contribution in [3.05, 3.63) is 24.3 Å². The van der Waals surface area contributed by atoms with Crippen LogP contribution in [0.15, 0.2) is 24.3 Å². The van der Waals surface area contributed by atoms with Crippen molar-refractivity contribution in [1.29, 1.82) is 0 Å². The number of rotatable bonds is 30. The normalized spacial score (nSPS) is 11.3. The van der Waals surface area contributed by atoms with Crippen molar-refractivity contribution in [3.8, 4) is 0 Å². The van der Waals surface area contributed by atoms with Crippen molar-refractivity contribution < 1.29 is 19.1 Å². The molecule has 0 radical (unpaired) electrons. The average Bonchev–Trinajstić information content (AvgIpc) is 3.04. The van der Waals surface area contributed by atoms with Crippen molar-refractivity contribution in [2.24, 2.45) is 0 Å². The monoisotopic (exact) mass is 647 g/mol. The molecule has 0 spiro atoms. The zero-order valence-corrected chi connectivity index (χ0v) is 30.2. The zero-order chi connectivity index (χ0) is 33.5. The number of carbonyl (C=O) groups is 2. The fourth-order valence-corrected chi connectivity index (χ4v) is 5.54. The summed E-state index contributed by atoms with van der Waals surface area (Å²) < 4.78 is 10.8. The van der Waals surface area contributed by atoms with E-state index < -0.39 is 12.2 Å². The Morgan fingerprint density at radius 3 is 1.15 bits per heavy atom. The van der Waals surface area contributed by atoms with E-state index in [0.29, 0.717) is 11.4 Å². The molecule has 8 heteroatoms. The molecule has 0 fully saturated rings. The molecule has 0 saturated carbocycles. The van der Waals surface area contributed by atoms with Crippen LogP contribution in [0.2, 0.25) is 0 Å². The number of anilines is 2. The molecule has 0 bridgehead atoms. The molecule has 0 saturated heterocycles. The minimum absolute atomic E-state index is 0.237. The minimum Gasteiger partial charge on any atom is -0.433 e. The summed E-state index contributed by atoms with van der Waals surface area (Å²) >= 11 is 0. The molecule has 46 heavy (non-hydrogen) atoms. The summed E-state index contributed by atoms with van der Waals surface area (Å²) in [6.07, 6.45) is 27.9. The quantitative estimate of drug-likeness (QED) is 0.0639. The second-order valence-corrected chi connectivity index (χ2v) is 13.2. The van der Waals surface area contributed by atoms with Gasteiger partial charge in [-0.25, -0.2) is 9.59 Å². The number of unbranched alkanes of at least 4 members (excludes halogenated alkanes) is 20. The number of hydrogen-bond donors (Lipinski definition) is 2. The van der Waals surface area contributed by atoms with Gasteiger partial charge in [-0.2, -0.15) is 0 Å². The molecule has 0 aliphatic heterocycles. The zero-order valence-electron chi connectivity index (χ0n) is 30.2. The Hall–Kier alpha value is -2.32. The van der Waals surface area contributed by atoms with E-state index in [0.717, 1.165) is 25.9 Å². The average molecular weight is 647 g/mol. The highest BCUT2D eigenvalue weighted by atomic mass is 16.6. The standard InChI is InChI=1S/C38H70N4O4/c1-5-7-9-11-13-15-17-19-21-23-25-30-41(3)33-45-37(43)39-35-28-27-29-36(32-35)40-38(44)46-34-42(4)31-26-24-22-20-18-16-14-12-10-8-6-2/h27-29,32H,5-26,30-31,33-34H2,1-4H3,(H,39,43)(H,40,44). The summed E-state index contributed by atoms with van der Waals surface area (Å²) in [5, 5.41) is 5.48. The third-order valence-electron chi connectivity index (χ3n) is 8.47. The van der Waals surface area contributed by atoms with Gasteiger partial charge in [0.15, 0.2) is 0 Å². The Balaban J connectivity index is 2.09. The van der Waals surface area contributed by atoms with Crippen molar-refractivity contribution in [2.75, 3.05) is 51.3 Å². The fraction of sp³-hybridized carbons (Fsp3) is 0.789. The first-order chi connectivity index (χ1) is 22.4. The van der Waals surface area contributed by atoms with Crippen molar-refractivity contribution in [1.82, 2.24) is 9.80 Å². The topological polar surface area (TPSA) is 83.1 Å². The molecule has 1 aromatic rings. The van der Waals surface area contributed by atoms with Crippen LogP contribution < -0.4 is 10.6 Å². The first-order valence-corrected chi connectivity index (χ1v) is 18.8. The van der Waals surface area contributed by atoms with Gasteiger partial charge in [0.25, 0.3) is 0 Å². The van der Waals surface area contributed by atoms with Gasteiger partial charge in [-0.05, 0) is 45.1 Å². The van der Waals surface area contributed by atoms with Crippen LogP contribution in [-0.2, 0) is 9.47 Å². The number of benzene rings is 1. The highest BCUT2D eigenvalue weighted by Gasteiger charge is 2.09. The number of nitrogens with one attached hydrogen (secondary N) is 2. The molecule has 266 valence electrons.